The molecule has 1 aromatic heterocycles. The molecule has 3 rings (SSSR count). The van der Waals surface area contributed by atoms with E-state index in [-0.39, 0.29) is 11.7 Å². The summed E-state index contributed by atoms with van der Waals surface area (Å²) in [5.41, 5.74) is 8.87. The van der Waals surface area contributed by atoms with Gasteiger partial charge in [-0.15, -0.1) is 0 Å². The van der Waals surface area contributed by atoms with E-state index < -0.39 is 0 Å². The molecule has 4 nitrogen and oxygen atoms in total. The number of nitrogens with zero attached hydrogens (tertiary/aromatic N) is 2. The highest BCUT2D eigenvalue weighted by atomic mass is 35.5. The number of hydrogen-bond acceptors (Lipinski definition) is 4. The minimum Gasteiger partial charge on any atom is -0.383 e. The van der Waals surface area contributed by atoms with Gasteiger partial charge in [0.1, 0.15) is 11.9 Å². The van der Waals surface area contributed by atoms with Crippen molar-refractivity contribution in [3.63, 3.8) is 0 Å². The van der Waals surface area contributed by atoms with E-state index in [1.54, 1.807) is 12.1 Å². The molecule has 0 aliphatic carbocycles. The number of nitrogens with one attached hydrogen (secondary N) is 1. The molecule has 0 spiro atoms. The summed E-state index contributed by atoms with van der Waals surface area (Å²) in [5.74, 6) is 0.505. The minimum atomic E-state index is 0.247. The van der Waals surface area contributed by atoms with E-state index in [1.165, 1.54) is 0 Å². The third kappa shape index (κ3) is 3.28. The average molecular weight is 347 g/mol. The molecule has 0 radical (unpaired) electrons. The maximum atomic E-state index is 9.45. The first-order valence-electron chi connectivity index (χ1n) is 7.47. The van der Waals surface area contributed by atoms with Crippen LogP contribution in [0.1, 0.15) is 29.9 Å². The lowest BCUT2D eigenvalue weighted by Gasteiger charge is -2.24. The number of piperidine rings is 1. The molecule has 1 aliphatic heterocycles. The Hall–Kier alpha value is -1.80. The van der Waals surface area contributed by atoms with Crippen molar-refractivity contribution in [2.45, 2.75) is 18.8 Å². The highest BCUT2D eigenvalue weighted by Crippen LogP contribution is 2.35. The average Bonchev–Trinajstić information content (AvgIpc) is 2.55. The van der Waals surface area contributed by atoms with Crippen LogP contribution in [0, 0.1) is 11.3 Å². The van der Waals surface area contributed by atoms with Crippen molar-refractivity contribution in [1.29, 1.82) is 5.26 Å². The smallest absolute Gasteiger partial charge is 0.142 e. The normalized spacial score (nSPS) is 17.7. The van der Waals surface area contributed by atoms with E-state index in [1.807, 2.05) is 12.1 Å². The van der Waals surface area contributed by atoms with Gasteiger partial charge in [0.15, 0.2) is 0 Å². The molecule has 1 aliphatic rings. The van der Waals surface area contributed by atoms with Gasteiger partial charge >= 0.3 is 0 Å². The summed E-state index contributed by atoms with van der Waals surface area (Å²) in [6.45, 7) is 1.85. The Labute approximate surface area is 145 Å². The molecule has 1 atom stereocenters. The van der Waals surface area contributed by atoms with Crippen molar-refractivity contribution in [2.75, 3.05) is 18.8 Å². The van der Waals surface area contributed by atoms with Crippen LogP contribution in [0.4, 0.5) is 5.82 Å². The molecule has 0 saturated carbocycles. The number of anilines is 1. The largest absolute Gasteiger partial charge is 0.383 e. The van der Waals surface area contributed by atoms with Gasteiger partial charge in [-0.05, 0) is 55.1 Å². The molecule has 118 valence electrons. The van der Waals surface area contributed by atoms with Crippen LogP contribution >= 0.6 is 23.2 Å². The lowest BCUT2D eigenvalue weighted by molar-refractivity contribution is 0.461. The first-order chi connectivity index (χ1) is 11.1. The lowest BCUT2D eigenvalue weighted by atomic mass is 9.88. The molecule has 1 aromatic carbocycles. The van der Waals surface area contributed by atoms with Crippen molar-refractivity contribution in [2.24, 2.45) is 0 Å². The van der Waals surface area contributed by atoms with Crippen molar-refractivity contribution in [1.82, 2.24) is 10.3 Å². The monoisotopic (exact) mass is 346 g/mol. The summed E-state index contributed by atoms with van der Waals surface area (Å²) >= 11 is 12.2. The second-order valence-corrected chi connectivity index (χ2v) is 6.48. The molecule has 3 N–H and O–H groups in total. The maximum absolute atomic E-state index is 9.45. The van der Waals surface area contributed by atoms with Crippen LogP contribution < -0.4 is 11.1 Å². The van der Waals surface area contributed by atoms with Crippen molar-refractivity contribution < 1.29 is 0 Å². The summed E-state index contributed by atoms with van der Waals surface area (Å²) in [4.78, 5) is 4.37. The zero-order valence-electron chi connectivity index (χ0n) is 12.4. The van der Waals surface area contributed by atoms with E-state index in [4.69, 9.17) is 28.9 Å². The fraction of sp³-hybridized carbons (Fsp3) is 0.294. The number of hydrogen-bond donors (Lipinski definition) is 2. The van der Waals surface area contributed by atoms with Crippen molar-refractivity contribution in [3.8, 4) is 17.3 Å². The number of nitrogens with two attached hydrogens (primary N) is 1. The standard InChI is InChI=1S/C17H16Cl2N4/c18-11-3-4-12(15(19)6-11)16-7-13(10-2-1-5-22-9-10)14(8-20)17(21)23-16/h3-4,6-7,10,22H,1-2,5,9H2,(H2,21,23). The Balaban J connectivity index is 2.12. The predicted molar refractivity (Wildman–Crippen MR) is 93.7 cm³/mol. The van der Waals surface area contributed by atoms with Gasteiger partial charge in [-0.1, -0.05) is 23.2 Å². The minimum absolute atomic E-state index is 0.247. The molecule has 1 unspecified atom stereocenters. The van der Waals surface area contributed by atoms with Crippen LogP contribution in [0.15, 0.2) is 24.3 Å². The van der Waals surface area contributed by atoms with E-state index in [0.29, 0.717) is 21.3 Å². The van der Waals surface area contributed by atoms with E-state index in [9.17, 15) is 5.26 Å². The highest BCUT2D eigenvalue weighted by Gasteiger charge is 2.22. The third-order valence-electron chi connectivity index (χ3n) is 4.13. The Morgan fingerprint density at radius 3 is 2.78 bits per heavy atom. The Morgan fingerprint density at radius 2 is 2.13 bits per heavy atom. The topological polar surface area (TPSA) is 74.7 Å². The first-order valence-corrected chi connectivity index (χ1v) is 8.22. The van der Waals surface area contributed by atoms with Gasteiger partial charge in [-0.3, -0.25) is 0 Å². The number of halogens is 2. The Kier molecular flexibility index (Phi) is 4.72. The molecule has 0 amide bonds. The first kappa shape index (κ1) is 16.1. The van der Waals surface area contributed by atoms with Crippen LogP contribution in [0.5, 0.6) is 0 Å². The summed E-state index contributed by atoms with van der Waals surface area (Å²) in [6, 6.07) is 9.39. The highest BCUT2D eigenvalue weighted by molar-refractivity contribution is 6.36. The summed E-state index contributed by atoms with van der Waals surface area (Å²) in [7, 11) is 0. The summed E-state index contributed by atoms with van der Waals surface area (Å²) in [5, 5.41) is 13.9. The fourth-order valence-electron chi connectivity index (χ4n) is 2.98. The number of pyridine rings is 1. The molecule has 23 heavy (non-hydrogen) atoms. The van der Waals surface area contributed by atoms with E-state index >= 15 is 0 Å². The number of benzene rings is 1. The van der Waals surface area contributed by atoms with Gasteiger partial charge in [0.25, 0.3) is 0 Å². The van der Waals surface area contributed by atoms with Gasteiger partial charge in [0.05, 0.1) is 16.3 Å². The summed E-state index contributed by atoms with van der Waals surface area (Å²) < 4.78 is 0. The lowest BCUT2D eigenvalue weighted by Crippen LogP contribution is -2.29. The molecule has 6 heteroatoms. The van der Waals surface area contributed by atoms with E-state index in [2.05, 4.69) is 16.4 Å². The molecule has 0 bridgehead atoms. The third-order valence-corrected chi connectivity index (χ3v) is 4.68. The molecule has 1 fully saturated rings. The number of nitrogen functional groups attached to an aromatic ring is 1. The molecule has 2 aromatic rings. The van der Waals surface area contributed by atoms with E-state index in [0.717, 1.165) is 37.1 Å². The Morgan fingerprint density at radius 1 is 1.30 bits per heavy atom. The fourth-order valence-corrected chi connectivity index (χ4v) is 3.49. The number of aromatic nitrogens is 1. The van der Waals surface area contributed by atoms with Gasteiger partial charge in [0.2, 0.25) is 0 Å². The van der Waals surface area contributed by atoms with Crippen LogP contribution in [0.2, 0.25) is 10.0 Å². The SMILES string of the molecule is N#Cc1c(C2CCCNC2)cc(-c2ccc(Cl)cc2Cl)nc1N. The van der Waals surface area contributed by atoms with Gasteiger partial charge < -0.3 is 11.1 Å². The van der Waals surface area contributed by atoms with Crippen molar-refractivity contribution >= 4 is 29.0 Å². The van der Waals surface area contributed by atoms with Crippen LogP contribution in [0.3, 0.4) is 0 Å². The Bertz CT molecular complexity index is 777. The number of rotatable bonds is 2. The number of nitriles is 1. The van der Waals surface area contributed by atoms with Crippen molar-refractivity contribution in [3.05, 3.63) is 45.4 Å². The predicted octanol–water partition coefficient (Wildman–Crippen LogP) is 3.98. The van der Waals surface area contributed by atoms with Crippen LogP contribution in [-0.4, -0.2) is 18.1 Å². The van der Waals surface area contributed by atoms with Gasteiger partial charge in [0, 0.05) is 17.1 Å². The quantitative estimate of drug-likeness (QED) is 0.862. The molecule has 1 saturated heterocycles. The van der Waals surface area contributed by atoms with Gasteiger partial charge in [-0.2, -0.15) is 5.26 Å². The second-order valence-electron chi connectivity index (χ2n) is 5.64. The maximum Gasteiger partial charge on any atom is 0.142 e. The molecular weight excluding hydrogens is 331 g/mol. The molecular formula is C17H16Cl2N4. The molecule has 2 heterocycles. The van der Waals surface area contributed by atoms with Crippen LogP contribution in [-0.2, 0) is 0 Å². The van der Waals surface area contributed by atoms with Crippen LogP contribution in [0.25, 0.3) is 11.3 Å². The van der Waals surface area contributed by atoms with Gasteiger partial charge in [-0.25, -0.2) is 4.98 Å². The summed E-state index contributed by atoms with van der Waals surface area (Å²) in [6.07, 6.45) is 2.10. The second kappa shape index (κ2) is 6.76. The zero-order valence-corrected chi connectivity index (χ0v) is 14.0. The zero-order chi connectivity index (χ0) is 16.4.